The molecule has 5 nitrogen and oxygen atoms in total. The number of sulfonamides is 1. The third-order valence-corrected chi connectivity index (χ3v) is 5.08. The number of carbonyl (C=O) groups excluding carboxylic acids is 1. The number of anilines is 1. The van der Waals surface area contributed by atoms with Crippen molar-refractivity contribution in [2.75, 3.05) is 11.9 Å². The van der Waals surface area contributed by atoms with Gasteiger partial charge in [0.25, 0.3) is 0 Å². The number of carbonyl (C=O) groups is 1. The van der Waals surface area contributed by atoms with E-state index in [1.165, 1.54) is 6.07 Å². The molecule has 134 valence electrons. The van der Waals surface area contributed by atoms with Crippen LogP contribution < -0.4 is 10.0 Å². The summed E-state index contributed by atoms with van der Waals surface area (Å²) >= 11 is 0. The molecule has 2 aromatic carbocycles. The van der Waals surface area contributed by atoms with Crippen molar-refractivity contribution in [1.82, 2.24) is 4.72 Å². The molecule has 0 aliphatic heterocycles. The molecular formula is C17H18F2N2O3S. The number of nitrogens with one attached hydrogen (secondary N) is 2. The van der Waals surface area contributed by atoms with E-state index in [4.69, 9.17) is 0 Å². The minimum atomic E-state index is -3.73. The molecule has 0 bridgehead atoms. The summed E-state index contributed by atoms with van der Waals surface area (Å²) in [6.45, 7) is 3.35. The largest absolute Gasteiger partial charge is 0.326 e. The Balaban J connectivity index is 1.94. The minimum absolute atomic E-state index is 0.0984. The van der Waals surface area contributed by atoms with Gasteiger partial charge in [0.1, 0.15) is 0 Å². The number of rotatable bonds is 6. The zero-order valence-corrected chi connectivity index (χ0v) is 14.6. The van der Waals surface area contributed by atoms with E-state index in [9.17, 15) is 22.0 Å². The molecule has 0 radical (unpaired) electrons. The Hall–Kier alpha value is -2.32. The Morgan fingerprint density at radius 3 is 2.44 bits per heavy atom. The second kappa shape index (κ2) is 7.71. The Morgan fingerprint density at radius 1 is 1.04 bits per heavy atom. The molecule has 0 spiro atoms. The van der Waals surface area contributed by atoms with Crippen molar-refractivity contribution in [3.05, 3.63) is 59.2 Å². The molecule has 0 fully saturated rings. The maximum Gasteiger partial charge on any atom is 0.240 e. The highest BCUT2D eigenvalue weighted by Crippen LogP contribution is 2.16. The van der Waals surface area contributed by atoms with Crippen molar-refractivity contribution in [3.63, 3.8) is 0 Å². The van der Waals surface area contributed by atoms with Gasteiger partial charge in [-0.05, 0) is 43.2 Å². The highest BCUT2D eigenvalue weighted by molar-refractivity contribution is 7.89. The standard InChI is InChI=1S/C17H18F2N2O3S/c1-11-3-4-12(2)16(9-11)25(23,24)20-8-7-17(22)21-13-5-6-14(18)15(19)10-13/h3-6,9-10,20H,7-8H2,1-2H3,(H,21,22). The number of benzene rings is 2. The lowest BCUT2D eigenvalue weighted by molar-refractivity contribution is -0.116. The normalized spacial score (nSPS) is 11.4. The van der Waals surface area contributed by atoms with Crippen molar-refractivity contribution in [1.29, 1.82) is 0 Å². The minimum Gasteiger partial charge on any atom is -0.326 e. The quantitative estimate of drug-likeness (QED) is 0.823. The summed E-state index contributed by atoms with van der Waals surface area (Å²) in [5, 5.41) is 2.38. The summed E-state index contributed by atoms with van der Waals surface area (Å²) in [6.07, 6.45) is -0.150. The topological polar surface area (TPSA) is 75.3 Å². The lowest BCUT2D eigenvalue weighted by Crippen LogP contribution is -2.28. The maximum absolute atomic E-state index is 13.1. The zero-order chi connectivity index (χ0) is 18.6. The first-order chi connectivity index (χ1) is 11.7. The third-order valence-electron chi connectivity index (χ3n) is 3.48. The van der Waals surface area contributed by atoms with Gasteiger partial charge in [0.2, 0.25) is 15.9 Å². The van der Waals surface area contributed by atoms with Crippen LogP contribution in [0.4, 0.5) is 14.5 Å². The van der Waals surface area contributed by atoms with Crippen molar-refractivity contribution >= 4 is 21.6 Å². The van der Waals surface area contributed by atoms with E-state index in [0.29, 0.717) is 5.56 Å². The fourth-order valence-corrected chi connectivity index (χ4v) is 3.53. The molecule has 2 N–H and O–H groups in total. The Morgan fingerprint density at radius 2 is 1.76 bits per heavy atom. The van der Waals surface area contributed by atoms with Gasteiger partial charge in [-0.3, -0.25) is 4.79 Å². The van der Waals surface area contributed by atoms with Gasteiger partial charge in [-0.2, -0.15) is 0 Å². The summed E-state index contributed by atoms with van der Waals surface area (Å²) in [7, 11) is -3.73. The molecule has 0 aliphatic carbocycles. The average molecular weight is 368 g/mol. The van der Waals surface area contributed by atoms with Gasteiger partial charge in [-0.25, -0.2) is 21.9 Å². The number of aryl methyl sites for hydroxylation is 2. The maximum atomic E-state index is 13.1. The highest BCUT2D eigenvalue weighted by Gasteiger charge is 2.17. The van der Waals surface area contributed by atoms with Crippen molar-refractivity contribution in [2.24, 2.45) is 0 Å². The molecule has 2 aromatic rings. The number of amides is 1. The second-order valence-electron chi connectivity index (χ2n) is 5.59. The van der Waals surface area contributed by atoms with Crippen molar-refractivity contribution in [2.45, 2.75) is 25.2 Å². The lowest BCUT2D eigenvalue weighted by Gasteiger charge is -2.10. The van der Waals surface area contributed by atoms with Crippen LogP contribution >= 0.6 is 0 Å². The van der Waals surface area contributed by atoms with E-state index in [-0.39, 0.29) is 23.5 Å². The van der Waals surface area contributed by atoms with E-state index in [1.807, 2.05) is 6.07 Å². The van der Waals surface area contributed by atoms with Gasteiger partial charge in [-0.1, -0.05) is 12.1 Å². The second-order valence-corrected chi connectivity index (χ2v) is 7.33. The van der Waals surface area contributed by atoms with Gasteiger partial charge in [0, 0.05) is 24.7 Å². The molecule has 25 heavy (non-hydrogen) atoms. The molecule has 0 aliphatic rings. The van der Waals surface area contributed by atoms with Crippen LogP contribution in [0.3, 0.4) is 0 Å². The lowest BCUT2D eigenvalue weighted by atomic mass is 10.2. The molecule has 0 heterocycles. The molecule has 1 amide bonds. The van der Waals surface area contributed by atoms with Gasteiger partial charge < -0.3 is 5.32 Å². The first-order valence-electron chi connectivity index (χ1n) is 7.51. The van der Waals surface area contributed by atoms with Gasteiger partial charge in [-0.15, -0.1) is 0 Å². The Kier molecular flexibility index (Phi) is 5.86. The van der Waals surface area contributed by atoms with Crippen LogP contribution in [0.1, 0.15) is 17.5 Å². The summed E-state index contributed by atoms with van der Waals surface area (Å²) in [4.78, 5) is 12.0. The van der Waals surface area contributed by atoms with Crippen LogP contribution in [0.25, 0.3) is 0 Å². The van der Waals surface area contributed by atoms with Gasteiger partial charge in [0.05, 0.1) is 4.90 Å². The fraction of sp³-hybridized carbons (Fsp3) is 0.235. The van der Waals surface area contributed by atoms with Crippen LogP contribution in [0.2, 0.25) is 0 Å². The molecule has 0 atom stereocenters. The number of hydrogen-bond donors (Lipinski definition) is 2. The van der Waals surface area contributed by atoms with Crippen LogP contribution in [0.5, 0.6) is 0 Å². The highest BCUT2D eigenvalue weighted by atomic mass is 32.2. The van der Waals surface area contributed by atoms with Crippen LogP contribution in [-0.2, 0) is 14.8 Å². The number of hydrogen-bond acceptors (Lipinski definition) is 3. The van der Waals surface area contributed by atoms with E-state index >= 15 is 0 Å². The number of halogens is 2. The summed E-state index contributed by atoms with van der Waals surface area (Å²) < 4.78 is 52.8. The van der Waals surface area contributed by atoms with Gasteiger partial charge >= 0.3 is 0 Å². The Bertz CT molecular complexity index is 899. The van der Waals surface area contributed by atoms with E-state index in [2.05, 4.69) is 10.0 Å². The molecule has 2 rings (SSSR count). The van der Waals surface area contributed by atoms with Crippen LogP contribution in [0.15, 0.2) is 41.3 Å². The average Bonchev–Trinajstić information content (AvgIpc) is 2.53. The predicted molar refractivity (Wildman–Crippen MR) is 90.7 cm³/mol. The smallest absolute Gasteiger partial charge is 0.240 e. The van der Waals surface area contributed by atoms with E-state index in [1.54, 1.807) is 26.0 Å². The molecule has 0 unspecified atom stereocenters. The third kappa shape index (κ3) is 5.07. The van der Waals surface area contributed by atoms with Crippen molar-refractivity contribution < 1.29 is 22.0 Å². The van der Waals surface area contributed by atoms with Crippen LogP contribution in [-0.4, -0.2) is 20.9 Å². The molecular weight excluding hydrogens is 350 g/mol. The Labute approximate surface area is 145 Å². The molecule has 0 aromatic heterocycles. The van der Waals surface area contributed by atoms with Crippen LogP contribution in [0, 0.1) is 25.5 Å². The van der Waals surface area contributed by atoms with E-state index < -0.39 is 27.6 Å². The fourth-order valence-electron chi connectivity index (χ4n) is 2.17. The van der Waals surface area contributed by atoms with E-state index in [0.717, 1.165) is 17.7 Å². The molecule has 8 heteroatoms. The predicted octanol–water partition coefficient (Wildman–Crippen LogP) is 2.89. The van der Waals surface area contributed by atoms with Gasteiger partial charge in [0.15, 0.2) is 11.6 Å². The summed E-state index contributed by atoms with van der Waals surface area (Å²) in [6, 6.07) is 8.04. The first-order valence-corrected chi connectivity index (χ1v) is 8.99. The monoisotopic (exact) mass is 368 g/mol. The SMILES string of the molecule is Cc1ccc(C)c(S(=O)(=O)NCCC(=O)Nc2ccc(F)c(F)c2)c1. The van der Waals surface area contributed by atoms with Crippen molar-refractivity contribution in [3.8, 4) is 0 Å². The zero-order valence-electron chi connectivity index (χ0n) is 13.8. The summed E-state index contributed by atoms with van der Waals surface area (Å²) in [5.41, 5.74) is 1.51. The molecule has 0 saturated heterocycles. The first kappa shape index (κ1) is 19.0. The summed E-state index contributed by atoms with van der Waals surface area (Å²) in [5.74, 6) is -2.61. The molecule has 0 saturated carbocycles.